The molecule has 0 aromatic carbocycles. The first kappa shape index (κ1) is 27.7. The summed E-state index contributed by atoms with van der Waals surface area (Å²) >= 11 is 0. The molecular formula is C23H29N11O4. The van der Waals surface area contributed by atoms with Gasteiger partial charge in [0.2, 0.25) is 5.84 Å². The fraction of sp³-hybridized carbons (Fsp3) is 0.304. The molecule has 38 heavy (non-hydrogen) atoms. The van der Waals surface area contributed by atoms with E-state index in [1.54, 1.807) is 43.6 Å². The third-order valence-electron chi connectivity index (χ3n) is 4.73. The van der Waals surface area contributed by atoms with Crippen molar-refractivity contribution in [3.8, 4) is 0 Å². The van der Waals surface area contributed by atoms with Crippen LogP contribution in [0.15, 0.2) is 69.2 Å². The molecule has 0 spiro atoms. The van der Waals surface area contributed by atoms with Crippen LogP contribution in [0.2, 0.25) is 0 Å². The monoisotopic (exact) mass is 523 g/mol. The molecule has 1 amide bonds. The fourth-order valence-electron chi connectivity index (χ4n) is 3.01. The van der Waals surface area contributed by atoms with Crippen molar-refractivity contribution in [3.05, 3.63) is 60.2 Å². The highest BCUT2D eigenvalue weighted by molar-refractivity contribution is 6.38. The van der Waals surface area contributed by atoms with Crippen LogP contribution in [-0.4, -0.2) is 81.5 Å². The zero-order valence-electron chi connectivity index (χ0n) is 21.0. The van der Waals surface area contributed by atoms with E-state index in [0.29, 0.717) is 29.6 Å². The van der Waals surface area contributed by atoms with E-state index in [0.717, 1.165) is 6.42 Å². The first-order valence-electron chi connectivity index (χ1n) is 11.8. The maximum absolute atomic E-state index is 12.2. The number of hydrogen-bond donors (Lipinski definition) is 5. The highest BCUT2D eigenvalue weighted by atomic mass is 16.5. The minimum atomic E-state index is -0.552. The number of hydrazone groups is 4. The SMILES string of the molecule is CCCN(CCO)C(=O)C1=NNC(c2ccccn2)=NN1.CCOC(=O)C1=NNC(c2ccccn2)=NN1. The van der Waals surface area contributed by atoms with Crippen LogP contribution in [0.3, 0.4) is 0 Å². The number of amidine groups is 4. The molecule has 0 aliphatic carbocycles. The predicted molar refractivity (Wildman–Crippen MR) is 140 cm³/mol. The minimum absolute atomic E-state index is 0.0199. The Bertz CT molecular complexity index is 1190. The van der Waals surface area contributed by atoms with Crippen LogP contribution in [-0.2, 0) is 14.3 Å². The Hall–Kier alpha value is -4.92. The van der Waals surface area contributed by atoms with Crippen molar-refractivity contribution in [2.45, 2.75) is 20.3 Å². The molecule has 5 N–H and O–H groups in total. The second-order valence-electron chi connectivity index (χ2n) is 7.46. The molecule has 0 bridgehead atoms. The van der Waals surface area contributed by atoms with E-state index in [-0.39, 0.29) is 37.3 Å². The molecular weight excluding hydrogens is 494 g/mol. The quantitative estimate of drug-likeness (QED) is 0.263. The van der Waals surface area contributed by atoms with Crippen molar-refractivity contribution in [2.24, 2.45) is 20.4 Å². The molecule has 200 valence electrons. The topological polar surface area (TPSA) is 190 Å². The van der Waals surface area contributed by atoms with Crippen molar-refractivity contribution in [2.75, 3.05) is 26.3 Å². The molecule has 0 fully saturated rings. The molecule has 4 rings (SSSR count). The lowest BCUT2D eigenvalue weighted by Crippen LogP contribution is -2.47. The molecule has 0 saturated heterocycles. The van der Waals surface area contributed by atoms with Crippen LogP contribution in [0, 0.1) is 0 Å². The van der Waals surface area contributed by atoms with Crippen molar-refractivity contribution in [1.29, 1.82) is 0 Å². The summed E-state index contributed by atoms with van der Waals surface area (Å²) in [7, 11) is 0. The van der Waals surface area contributed by atoms with E-state index in [1.807, 2.05) is 19.1 Å². The highest BCUT2D eigenvalue weighted by Gasteiger charge is 2.22. The molecule has 0 atom stereocenters. The number of aliphatic hydroxyl groups excluding tert-OH is 1. The molecule has 2 aromatic heterocycles. The number of carbonyl (C=O) groups is 2. The summed E-state index contributed by atoms with van der Waals surface area (Å²) in [4.78, 5) is 33.3. The smallest absolute Gasteiger partial charge is 0.377 e. The van der Waals surface area contributed by atoms with E-state index in [1.165, 1.54) is 4.90 Å². The Kier molecular flexibility index (Phi) is 10.6. The maximum Gasteiger partial charge on any atom is 0.377 e. The lowest BCUT2D eigenvalue weighted by Gasteiger charge is -2.22. The number of ether oxygens (including phenoxy) is 1. The van der Waals surface area contributed by atoms with Gasteiger partial charge in [0.25, 0.3) is 11.7 Å². The van der Waals surface area contributed by atoms with Gasteiger partial charge < -0.3 is 14.7 Å². The van der Waals surface area contributed by atoms with Crippen molar-refractivity contribution in [1.82, 2.24) is 36.6 Å². The first-order valence-corrected chi connectivity index (χ1v) is 11.8. The van der Waals surface area contributed by atoms with Gasteiger partial charge in [-0.1, -0.05) is 19.1 Å². The Morgan fingerprint density at radius 3 is 1.82 bits per heavy atom. The number of amides is 1. The number of nitrogens with zero attached hydrogens (tertiary/aromatic N) is 7. The largest absolute Gasteiger partial charge is 0.460 e. The van der Waals surface area contributed by atoms with E-state index >= 15 is 0 Å². The average Bonchev–Trinajstić information content (AvgIpc) is 2.98. The van der Waals surface area contributed by atoms with Gasteiger partial charge in [-0.3, -0.25) is 36.5 Å². The minimum Gasteiger partial charge on any atom is -0.460 e. The fourth-order valence-corrected chi connectivity index (χ4v) is 3.01. The molecule has 2 aliphatic heterocycles. The van der Waals surface area contributed by atoms with Crippen LogP contribution in [0.5, 0.6) is 0 Å². The second kappa shape index (κ2) is 14.6. The molecule has 2 aliphatic rings. The number of carbonyl (C=O) groups excluding carboxylic acids is 2. The lowest BCUT2D eigenvalue weighted by molar-refractivity contribution is -0.135. The summed E-state index contributed by atoms with van der Waals surface area (Å²) in [5, 5.41) is 24.8. The summed E-state index contributed by atoms with van der Waals surface area (Å²) < 4.78 is 4.77. The Labute approximate surface area is 218 Å². The number of aliphatic hydroxyl groups is 1. The van der Waals surface area contributed by atoms with Gasteiger partial charge >= 0.3 is 5.97 Å². The Morgan fingerprint density at radius 2 is 1.39 bits per heavy atom. The average molecular weight is 524 g/mol. The molecule has 0 radical (unpaired) electrons. The maximum atomic E-state index is 12.2. The lowest BCUT2D eigenvalue weighted by atomic mass is 10.3. The molecule has 0 unspecified atom stereocenters. The summed E-state index contributed by atoms with van der Waals surface area (Å²) in [6.07, 6.45) is 4.09. The predicted octanol–water partition coefficient (Wildman–Crippen LogP) is -0.707. The Morgan fingerprint density at radius 1 is 0.816 bits per heavy atom. The van der Waals surface area contributed by atoms with Crippen molar-refractivity contribution < 1.29 is 19.4 Å². The number of esters is 1. The Balaban J connectivity index is 0.000000215. The summed E-state index contributed by atoms with van der Waals surface area (Å²) in [6.45, 7) is 4.70. The highest BCUT2D eigenvalue weighted by Crippen LogP contribution is 2.00. The van der Waals surface area contributed by atoms with Gasteiger partial charge in [0.05, 0.1) is 13.2 Å². The third kappa shape index (κ3) is 7.79. The van der Waals surface area contributed by atoms with Crippen LogP contribution >= 0.6 is 0 Å². The van der Waals surface area contributed by atoms with Crippen LogP contribution in [0.25, 0.3) is 0 Å². The molecule has 2 aromatic rings. The number of hydrogen-bond acceptors (Lipinski definition) is 14. The summed E-state index contributed by atoms with van der Waals surface area (Å²) in [6, 6.07) is 10.8. The second-order valence-corrected chi connectivity index (χ2v) is 7.46. The van der Waals surface area contributed by atoms with Gasteiger partial charge in [0, 0.05) is 25.5 Å². The van der Waals surface area contributed by atoms with E-state index < -0.39 is 5.97 Å². The van der Waals surface area contributed by atoms with Gasteiger partial charge in [0.1, 0.15) is 11.4 Å². The van der Waals surface area contributed by atoms with Crippen molar-refractivity contribution >= 4 is 35.2 Å². The number of pyridine rings is 2. The zero-order valence-corrected chi connectivity index (χ0v) is 21.0. The van der Waals surface area contributed by atoms with Crippen LogP contribution < -0.4 is 21.7 Å². The van der Waals surface area contributed by atoms with Crippen LogP contribution in [0.1, 0.15) is 31.7 Å². The molecule has 15 nitrogen and oxygen atoms in total. The third-order valence-corrected chi connectivity index (χ3v) is 4.73. The van der Waals surface area contributed by atoms with E-state index in [4.69, 9.17) is 9.84 Å². The van der Waals surface area contributed by atoms with Gasteiger partial charge in [-0.05, 0) is 37.6 Å². The summed E-state index contributed by atoms with van der Waals surface area (Å²) in [5.74, 6) is 0.143. The standard InChI is InChI=1S/C13H18N6O2.C10H11N5O2/c1-2-7-19(8-9-20)13(21)12-17-15-11(16-18-12)10-5-3-4-6-14-10;1-2-17-10(16)9-14-12-8(13-15-9)7-5-3-4-6-11-7/h3-6,20H,2,7-9H2,1H3,(H,15,16)(H,17,18);3-6H,2H2,1H3,(H,12,13)(H,14,15). The normalized spacial score (nSPS) is 13.8. The van der Waals surface area contributed by atoms with Gasteiger partial charge in [0.15, 0.2) is 11.7 Å². The molecule has 4 heterocycles. The zero-order chi connectivity index (χ0) is 27.2. The van der Waals surface area contributed by atoms with Crippen molar-refractivity contribution in [3.63, 3.8) is 0 Å². The number of rotatable bonds is 9. The molecule has 0 saturated carbocycles. The van der Waals surface area contributed by atoms with Gasteiger partial charge in [-0.25, -0.2) is 4.79 Å². The first-order chi connectivity index (χ1) is 18.6. The van der Waals surface area contributed by atoms with E-state index in [2.05, 4.69) is 52.1 Å². The summed E-state index contributed by atoms with van der Waals surface area (Å²) in [5.41, 5.74) is 11.7. The van der Waals surface area contributed by atoms with Crippen LogP contribution in [0.4, 0.5) is 0 Å². The number of aromatic nitrogens is 2. The number of nitrogens with one attached hydrogen (secondary N) is 4. The molecule has 15 heteroatoms. The van der Waals surface area contributed by atoms with Gasteiger partial charge in [-0.2, -0.15) is 10.2 Å². The van der Waals surface area contributed by atoms with E-state index in [9.17, 15) is 9.59 Å². The van der Waals surface area contributed by atoms with Gasteiger partial charge in [-0.15, -0.1) is 10.2 Å².